The summed E-state index contributed by atoms with van der Waals surface area (Å²) in [4.78, 5) is 22.6. The molecule has 0 saturated carbocycles. The molecule has 0 saturated heterocycles. The minimum atomic E-state index is -0.947. The van der Waals surface area contributed by atoms with Gasteiger partial charge < -0.3 is 15.7 Å². The van der Waals surface area contributed by atoms with E-state index in [-0.39, 0.29) is 18.5 Å². The number of aliphatic carboxylic acids is 1. The second-order valence-corrected chi connectivity index (χ2v) is 4.49. The summed E-state index contributed by atoms with van der Waals surface area (Å²) in [6, 6.07) is 8.28. The molecule has 104 valence electrons. The number of carboxylic acid groups (broad SMARTS) is 1. The Labute approximate surface area is 113 Å². The van der Waals surface area contributed by atoms with Gasteiger partial charge in [-0.05, 0) is 18.9 Å². The topological polar surface area (TPSA) is 78.4 Å². The number of amides is 2. The Bertz CT molecular complexity index is 420. The van der Waals surface area contributed by atoms with Crippen molar-refractivity contribution >= 4 is 12.0 Å². The molecule has 1 rings (SSSR count). The molecule has 2 unspecified atom stereocenters. The van der Waals surface area contributed by atoms with Gasteiger partial charge in [-0.1, -0.05) is 37.3 Å². The van der Waals surface area contributed by atoms with E-state index in [1.54, 1.807) is 12.1 Å². The summed E-state index contributed by atoms with van der Waals surface area (Å²) in [5, 5.41) is 14.4. The third-order valence-corrected chi connectivity index (χ3v) is 2.88. The number of urea groups is 1. The van der Waals surface area contributed by atoms with E-state index < -0.39 is 12.0 Å². The minimum absolute atomic E-state index is 0.0567. The first-order chi connectivity index (χ1) is 9.02. The molecule has 0 fully saturated rings. The second-order valence-electron chi connectivity index (χ2n) is 4.49. The van der Waals surface area contributed by atoms with Crippen molar-refractivity contribution in [3.63, 3.8) is 0 Å². The van der Waals surface area contributed by atoms with E-state index in [1.165, 1.54) is 0 Å². The van der Waals surface area contributed by atoms with Crippen molar-refractivity contribution < 1.29 is 14.7 Å². The number of carbonyl (C=O) groups is 2. The lowest BCUT2D eigenvalue weighted by molar-refractivity contribution is -0.137. The van der Waals surface area contributed by atoms with Gasteiger partial charge in [-0.2, -0.15) is 0 Å². The van der Waals surface area contributed by atoms with Crippen molar-refractivity contribution in [1.29, 1.82) is 0 Å². The van der Waals surface area contributed by atoms with Crippen LogP contribution in [0.25, 0.3) is 0 Å². The highest BCUT2D eigenvalue weighted by atomic mass is 16.4. The van der Waals surface area contributed by atoms with E-state index in [2.05, 4.69) is 10.6 Å². The molecule has 0 radical (unpaired) electrons. The second kappa shape index (κ2) is 7.41. The fraction of sp³-hybridized carbons (Fsp3) is 0.429. The molecule has 0 heterocycles. The van der Waals surface area contributed by atoms with Gasteiger partial charge in [0.05, 0.1) is 12.5 Å². The van der Waals surface area contributed by atoms with Crippen molar-refractivity contribution in [2.24, 2.45) is 0 Å². The highest BCUT2D eigenvalue weighted by Crippen LogP contribution is 2.16. The van der Waals surface area contributed by atoms with Crippen LogP contribution in [0.3, 0.4) is 0 Å². The van der Waals surface area contributed by atoms with Gasteiger partial charge in [0, 0.05) is 6.04 Å². The molecule has 0 spiro atoms. The van der Waals surface area contributed by atoms with Crippen LogP contribution in [-0.2, 0) is 4.79 Å². The molecule has 0 bridgehead atoms. The Hall–Kier alpha value is -2.04. The van der Waals surface area contributed by atoms with Crippen LogP contribution in [0.4, 0.5) is 4.79 Å². The summed E-state index contributed by atoms with van der Waals surface area (Å²) in [7, 11) is 0. The Kier molecular flexibility index (Phi) is 5.85. The molecule has 0 aliphatic carbocycles. The zero-order valence-electron chi connectivity index (χ0n) is 11.2. The maximum Gasteiger partial charge on any atom is 0.315 e. The molecule has 2 atom stereocenters. The number of benzene rings is 1. The Morgan fingerprint density at radius 1 is 1.21 bits per heavy atom. The van der Waals surface area contributed by atoms with E-state index >= 15 is 0 Å². The predicted octanol–water partition coefficient (Wildman–Crippen LogP) is 2.30. The van der Waals surface area contributed by atoms with E-state index in [1.807, 2.05) is 32.0 Å². The Morgan fingerprint density at radius 2 is 1.84 bits per heavy atom. The monoisotopic (exact) mass is 264 g/mol. The predicted molar refractivity (Wildman–Crippen MR) is 72.9 cm³/mol. The van der Waals surface area contributed by atoms with E-state index in [0.717, 1.165) is 12.0 Å². The van der Waals surface area contributed by atoms with Crippen molar-refractivity contribution in [2.45, 2.75) is 38.8 Å². The number of hydrogen-bond donors (Lipinski definition) is 3. The van der Waals surface area contributed by atoms with Crippen molar-refractivity contribution in [2.75, 3.05) is 0 Å². The largest absolute Gasteiger partial charge is 0.481 e. The van der Waals surface area contributed by atoms with Crippen LogP contribution in [0.5, 0.6) is 0 Å². The minimum Gasteiger partial charge on any atom is -0.481 e. The van der Waals surface area contributed by atoms with E-state index in [0.29, 0.717) is 0 Å². The molecule has 3 N–H and O–H groups in total. The van der Waals surface area contributed by atoms with E-state index in [4.69, 9.17) is 5.11 Å². The molecule has 5 nitrogen and oxygen atoms in total. The quantitative estimate of drug-likeness (QED) is 0.737. The third kappa shape index (κ3) is 5.42. The summed E-state index contributed by atoms with van der Waals surface area (Å²) in [6.07, 6.45) is 0.681. The van der Waals surface area contributed by atoms with Crippen LogP contribution in [0.1, 0.15) is 38.3 Å². The molecule has 5 heteroatoms. The molecule has 1 aromatic rings. The van der Waals surface area contributed by atoms with Gasteiger partial charge in [0.1, 0.15) is 0 Å². The first-order valence-electron chi connectivity index (χ1n) is 6.36. The molecule has 0 aliphatic heterocycles. The van der Waals surface area contributed by atoms with Gasteiger partial charge in [-0.15, -0.1) is 0 Å². The summed E-state index contributed by atoms with van der Waals surface area (Å²) in [5.74, 6) is -0.947. The van der Waals surface area contributed by atoms with Crippen molar-refractivity contribution in [3.05, 3.63) is 35.9 Å². The van der Waals surface area contributed by atoms with Gasteiger partial charge in [-0.3, -0.25) is 4.79 Å². The van der Waals surface area contributed by atoms with Crippen LogP contribution < -0.4 is 10.6 Å². The van der Waals surface area contributed by atoms with Gasteiger partial charge in [-0.25, -0.2) is 4.79 Å². The molecule has 1 aromatic carbocycles. The van der Waals surface area contributed by atoms with Crippen LogP contribution >= 0.6 is 0 Å². The summed E-state index contributed by atoms with van der Waals surface area (Å²) >= 11 is 0. The third-order valence-electron chi connectivity index (χ3n) is 2.88. The van der Waals surface area contributed by atoms with Crippen molar-refractivity contribution in [3.8, 4) is 0 Å². The zero-order valence-corrected chi connectivity index (χ0v) is 11.2. The van der Waals surface area contributed by atoms with Crippen molar-refractivity contribution in [1.82, 2.24) is 10.6 Å². The average Bonchev–Trinajstić information content (AvgIpc) is 2.38. The molecule has 0 aromatic heterocycles. The highest BCUT2D eigenvalue weighted by Gasteiger charge is 2.18. The fourth-order valence-electron chi connectivity index (χ4n) is 1.64. The average molecular weight is 264 g/mol. The lowest BCUT2D eigenvalue weighted by atomic mass is 10.0. The normalized spacial score (nSPS) is 13.4. The Morgan fingerprint density at radius 3 is 2.37 bits per heavy atom. The number of nitrogens with one attached hydrogen (secondary N) is 2. The summed E-state index contributed by atoms with van der Waals surface area (Å²) in [5.41, 5.74) is 0.782. The number of rotatable bonds is 6. The van der Waals surface area contributed by atoms with Crippen LogP contribution in [0, 0.1) is 0 Å². The maximum absolute atomic E-state index is 11.8. The summed E-state index contributed by atoms with van der Waals surface area (Å²) in [6.45, 7) is 3.87. The molecule has 19 heavy (non-hydrogen) atoms. The van der Waals surface area contributed by atoms with Gasteiger partial charge in [0.25, 0.3) is 0 Å². The zero-order chi connectivity index (χ0) is 14.3. The molecule has 2 amide bonds. The first kappa shape index (κ1) is 15.0. The number of carbonyl (C=O) groups excluding carboxylic acids is 1. The standard InChI is InChI=1S/C14H20N2O3/c1-3-10(2)15-14(19)16-12(9-13(17)18)11-7-5-4-6-8-11/h4-8,10,12H,3,9H2,1-2H3,(H,17,18)(H2,15,16,19). The van der Waals surface area contributed by atoms with Gasteiger partial charge in [0.15, 0.2) is 0 Å². The Balaban J connectivity index is 2.70. The first-order valence-corrected chi connectivity index (χ1v) is 6.36. The number of hydrogen-bond acceptors (Lipinski definition) is 2. The highest BCUT2D eigenvalue weighted by molar-refractivity contribution is 5.76. The number of carboxylic acids is 1. The molecule has 0 aliphatic rings. The lowest BCUT2D eigenvalue weighted by Gasteiger charge is -2.19. The summed E-state index contributed by atoms with van der Waals surface area (Å²) < 4.78 is 0. The maximum atomic E-state index is 11.8. The van der Waals surface area contributed by atoms with E-state index in [9.17, 15) is 9.59 Å². The van der Waals surface area contributed by atoms with Gasteiger partial charge >= 0.3 is 12.0 Å². The van der Waals surface area contributed by atoms with Crippen LogP contribution in [0.15, 0.2) is 30.3 Å². The lowest BCUT2D eigenvalue weighted by Crippen LogP contribution is -2.42. The smallest absolute Gasteiger partial charge is 0.315 e. The fourth-order valence-corrected chi connectivity index (χ4v) is 1.64. The van der Waals surface area contributed by atoms with Crippen LogP contribution in [-0.4, -0.2) is 23.1 Å². The molecular formula is C14H20N2O3. The van der Waals surface area contributed by atoms with Gasteiger partial charge in [0.2, 0.25) is 0 Å². The SMILES string of the molecule is CCC(C)NC(=O)NC(CC(=O)O)c1ccccc1. The van der Waals surface area contributed by atoms with Crippen LogP contribution in [0.2, 0.25) is 0 Å². The molecular weight excluding hydrogens is 244 g/mol.